The van der Waals surface area contributed by atoms with Crippen molar-refractivity contribution in [2.75, 3.05) is 0 Å². The Balaban J connectivity index is 1.98. The van der Waals surface area contributed by atoms with E-state index in [0.29, 0.717) is 6.54 Å². The van der Waals surface area contributed by atoms with Crippen molar-refractivity contribution in [1.82, 2.24) is 24.6 Å². The first kappa shape index (κ1) is 10.4. The maximum absolute atomic E-state index is 11.6. The lowest BCUT2D eigenvalue weighted by atomic mass is 10.4. The summed E-state index contributed by atoms with van der Waals surface area (Å²) in [5.74, 6) is 0. The molecule has 1 amide bonds. The Kier molecular flexibility index (Phi) is 2.72. The third-order valence-electron chi connectivity index (χ3n) is 2.26. The fraction of sp³-hybridized carbons (Fsp3) is 0.300. The summed E-state index contributed by atoms with van der Waals surface area (Å²) in [7, 11) is 1.85. The van der Waals surface area contributed by atoms with Crippen molar-refractivity contribution < 1.29 is 4.79 Å². The molecule has 16 heavy (non-hydrogen) atoms. The van der Waals surface area contributed by atoms with E-state index in [1.54, 1.807) is 17.1 Å². The number of hydrogen-bond donors (Lipinski definition) is 1. The van der Waals surface area contributed by atoms with E-state index in [9.17, 15) is 4.79 Å². The zero-order valence-electron chi connectivity index (χ0n) is 9.21. The number of carbonyl (C=O) groups is 1. The lowest BCUT2D eigenvalue weighted by Crippen LogP contribution is -2.27. The number of imidazole rings is 1. The quantitative estimate of drug-likeness (QED) is 0.807. The molecule has 84 valence electrons. The first-order chi connectivity index (χ1) is 7.66. The fourth-order valence-corrected chi connectivity index (χ4v) is 1.47. The van der Waals surface area contributed by atoms with Gasteiger partial charge in [-0.2, -0.15) is 5.10 Å². The van der Waals surface area contributed by atoms with Crippen LogP contribution in [0.5, 0.6) is 0 Å². The highest BCUT2D eigenvalue weighted by molar-refractivity contribution is 5.76. The average molecular weight is 219 g/mol. The number of aromatic nitrogens is 4. The second-order valence-corrected chi connectivity index (χ2v) is 3.53. The van der Waals surface area contributed by atoms with Crippen molar-refractivity contribution in [2.24, 2.45) is 7.05 Å². The molecule has 0 spiro atoms. The summed E-state index contributed by atoms with van der Waals surface area (Å²) < 4.78 is 3.15. The number of nitrogens with one attached hydrogen (secondary N) is 1. The molecule has 0 aliphatic rings. The van der Waals surface area contributed by atoms with Gasteiger partial charge in [-0.25, -0.2) is 9.78 Å². The fourth-order valence-electron chi connectivity index (χ4n) is 1.47. The van der Waals surface area contributed by atoms with Crippen LogP contribution in [0.3, 0.4) is 0 Å². The third-order valence-corrected chi connectivity index (χ3v) is 2.26. The van der Waals surface area contributed by atoms with E-state index in [-0.39, 0.29) is 6.03 Å². The Morgan fingerprint density at radius 1 is 1.56 bits per heavy atom. The van der Waals surface area contributed by atoms with Crippen LogP contribution in [0.25, 0.3) is 0 Å². The minimum Gasteiger partial charge on any atom is -0.332 e. The Labute approximate surface area is 92.9 Å². The van der Waals surface area contributed by atoms with Crippen LogP contribution in [0.1, 0.15) is 11.4 Å². The molecule has 2 heterocycles. The average Bonchev–Trinajstić information content (AvgIpc) is 2.84. The van der Waals surface area contributed by atoms with Gasteiger partial charge in [0.25, 0.3) is 0 Å². The lowest BCUT2D eigenvalue weighted by molar-refractivity contribution is 0.241. The highest BCUT2D eigenvalue weighted by Crippen LogP contribution is 2.01. The van der Waals surface area contributed by atoms with Gasteiger partial charge in [0, 0.05) is 19.4 Å². The zero-order valence-corrected chi connectivity index (χ0v) is 9.21. The summed E-state index contributed by atoms with van der Waals surface area (Å²) in [5.41, 5.74) is 1.90. The topological polar surface area (TPSA) is 64.7 Å². The molecule has 0 bridgehead atoms. The molecule has 0 aromatic carbocycles. The molecule has 0 saturated heterocycles. The van der Waals surface area contributed by atoms with Gasteiger partial charge in [0.15, 0.2) is 0 Å². The minimum absolute atomic E-state index is 0.198. The van der Waals surface area contributed by atoms with E-state index in [0.717, 1.165) is 11.4 Å². The molecule has 6 heteroatoms. The molecule has 0 aliphatic heterocycles. The normalized spacial score (nSPS) is 10.4. The van der Waals surface area contributed by atoms with E-state index < -0.39 is 0 Å². The van der Waals surface area contributed by atoms with Crippen molar-refractivity contribution in [2.45, 2.75) is 13.5 Å². The summed E-state index contributed by atoms with van der Waals surface area (Å²) in [5, 5.41) is 6.98. The Morgan fingerprint density at radius 3 is 2.94 bits per heavy atom. The van der Waals surface area contributed by atoms with E-state index in [1.807, 2.05) is 20.0 Å². The predicted molar refractivity (Wildman–Crippen MR) is 57.8 cm³/mol. The first-order valence-corrected chi connectivity index (χ1v) is 4.92. The van der Waals surface area contributed by atoms with Crippen LogP contribution < -0.4 is 5.32 Å². The number of amides is 1. The van der Waals surface area contributed by atoms with Gasteiger partial charge in [-0.1, -0.05) is 0 Å². The standard InChI is InChI=1S/C10H13N5O/c1-8-5-9(14(2)13-8)6-12-10(16)15-4-3-11-7-15/h3-5,7H,6H2,1-2H3,(H,12,16). The van der Waals surface area contributed by atoms with E-state index in [1.165, 1.54) is 10.9 Å². The molecule has 6 nitrogen and oxygen atoms in total. The van der Waals surface area contributed by atoms with Crippen molar-refractivity contribution in [3.63, 3.8) is 0 Å². The van der Waals surface area contributed by atoms with Gasteiger partial charge in [-0.3, -0.25) is 9.25 Å². The summed E-state index contributed by atoms with van der Waals surface area (Å²) in [6.07, 6.45) is 4.63. The van der Waals surface area contributed by atoms with Gasteiger partial charge in [0.2, 0.25) is 0 Å². The first-order valence-electron chi connectivity index (χ1n) is 4.92. The van der Waals surface area contributed by atoms with Gasteiger partial charge in [-0.15, -0.1) is 0 Å². The van der Waals surface area contributed by atoms with Gasteiger partial charge in [0.05, 0.1) is 17.9 Å². The molecule has 0 aliphatic carbocycles. The molecule has 1 N–H and O–H groups in total. The minimum atomic E-state index is -0.198. The highest BCUT2D eigenvalue weighted by Gasteiger charge is 2.05. The molecular weight excluding hydrogens is 206 g/mol. The van der Waals surface area contributed by atoms with Crippen LogP contribution in [-0.4, -0.2) is 25.4 Å². The zero-order chi connectivity index (χ0) is 11.5. The molecule has 2 aromatic rings. The predicted octanol–water partition coefficient (Wildman–Crippen LogP) is 0.683. The van der Waals surface area contributed by atoms with Crippen molar-refractivity contribution in [3.8, 4) is 0 Å². The van der Waals surface area contributed by atoms with Gasteiger partial charge < -0.3 is 5.32 Å². The van der Waals surface area contributed by atoms with Crippen LogP contribution in [-0.2, 0) is 13.6 Å². The van der Waals surface area contributed by atoms with Crippen molar-refractivity contribution >= 4 is 6.03 Å². The SMILES string of the molecule is Cc1cc(CNC(=O)n2ccnc2)n(C)n1. The number of nitrogens with zero attached hydrogens (tertiary/aromatic N) is 4. The van der Waals surface area contributed by atoms with Gasteiger partial charge >= 0.3 is 6.03 Å². The van der Waals surface area contributed by atoms with E-state index >= 15 is 0 Å². The van der Waals surface area contributed by atoms with Crippen LogP contribution in [0.4, 0.5) is 4.79 Å². The lowest BCUT2D eigenvalue weighted by Gasteiger charge is -2.05. The molecule has 0 atom stereocenters. The Bertz CT molecular complexity index is 485. The number of carbonyl (C=O) groups excluding carboxylic acids is 1. The highest BCUT2D eigenvalue weighted by atomic mass is 16.2. The molecule has 0 radical (unpaired) electrons. The number of rotatable bonds is 2. The number of aryl methyl sites for hydroxylation is 2. The molecule has 2 aromatic heterocycles. The van der Waals surface area contributed by atoms with E-state index in [2.05, 4.69) is 15.4 Å². The summed E-state index contributed by atoms with van der Waals surface area (Å²) >= 11 is 0. The largest absolute Gasteiger partial charge is 0.332 e. The van der Waals surface area contributed by atoms with Crippen LogP contribution in [0.2, 0.25) is 0 Å². The Morgan fingerprint density at radius 2 is 2.38 bits per heavy atom. The van der Waals surface area contributed by atoms with Crippen LogP contribution in [0, 0.1) is 6.92 Å². The number of hydrogen-bond acceptors (Lipinski definition) is 3. The second kappa shape index (κ2) is 4.18. The van der Waals surface area contributed by atoms with Crippen LogP contribution in [0.15, 0.2) is 24.8 Å². The molecule has 0 unspecified atom stereocenters. The smallest absolute Gasteiger partial charge is 0.327 e. The molecule has 2 rings (SSSR count). The summed E-state index contributed by atoms with van der Waals surface area (Å²) in [6.45, 7) is 2.37. The monoisotopic (exact) mass is 219 g/mol. The summed E-state index contributed by atoms with van der Waals surface area (Å²) in [6, 6.07) is 1.74. The molecule has 0 saturated carbocycles. The van der Waals surface area contributed by atoms with Crippen LogP contribution >= 0.6 is 0 Å². The Hall–Kier alpha value is -2.11. The third kappa shape index (κ3) is 2.10. The summed E-state index contributed by atoms with van der Waals surface area (Å²) in [4.78, 5) is 15.4. The van der Waals surface area contributed by atoms with E-state index in [4.69, 9.17) is 0 Å². The van der Waals surface area contributed by atoms with Crippen molar-refractivity contribution in [3.05, 3.63) is 36.2 Å². The maximum Gasteiger partial charge on any atom is 0.327 e. The van der Waals surface area contributed by atoms with Gasteiger partial charge in [0.1, 0.15) is 6.33 Å². The second-order valence-electron chi connectivity index (χ2n) is 3.53. The van der Waals surface area contributed by atoms with Gasteiger partial charge in [-0.05, 0) is 13.0 Å². The molecule has 0 fully saturated rings. The maximum atomic E-state index is 11.6. The van der Waals surface area contributed by atoms with Crippen molar-refractivity contribution in [1.29, 1.82) is 0 Å². The molecular formula is C10H13N5O.